The fraction of sp³-hybridized carbons (Fsp3) is 0. The van der Waals surface area contributed by atoms with Gasteiger partial charge < -0.3 is 10.5 Å². The van der Waals surface area contributed by atoms with Crippen LogP contribution in [0.1, 0.15) is 11.1 Å². The molecule has 1 aromatic carbocycles. The summed E-state index contributed by atoms with van der Waals surface area (Å²) in [5, 5.41) is 12.9. The SMILES string of the molecule is N#Cc1cccnc1Oc1ccc(C=NNC(N)=S)cc1. The Bertz CT molecular complexity index is 706. The molecule has 7 heteroatoms. The molecule has 0 aliphatic carbocycles. The number of rotatable bonds is 4. The van der Waals surface area contributed by atoms with Crippen molar-refractivity contribution in [3.05, 3.63) is 53.7 Å². The lowest BCUT2D eigenvalue weighted by Crippen LogP contribution is -2.23. The Labute approximate surface area is 126 Å². The smallest absolute Gasteiger partial charge is 0.237 e. The molecule has 0 radical (unpaired) electrons. The number of thiocarbonyl (C=S) groups is 1. The van der Waals surface area contributed by atoms with E-state index in [4.69, 9.17) is 15.7 Å². The van der Waals surface area contributed by atoms with Gasteiger partial charge in [0.15, 0.2) is 5.11 Å². The van der Waals surface area contributed by atoms with Gasteiger partial charge in [-0.25, -0.2) is 4.98 Å². The summed E-state index contributed by atoms with van der Waals surface area (Å²) in [7, 11) is 0. The zero-order valence-corrected chi connectivity index (χ0v) is 11.7. The molecule has 21 heavy (non-hydrogen) atoms. The van der Waals surface area contributed by atoms with Crippen LogP contribution in [0.4, 0.5) is 0 Å². The predicted octanol–water partition coefficient (Wildman–Crippen LogP) is 1.91. The van der Waals surface area contributed by atoms with Crippen LogP contribution in [0.15, 0.2) is 47.7 Å². The van der Waals surface area contributed by atoms with E-state index >= 15 is 0 Å². The van der Waals surface area contributed by atoms with E-state index < -0.39 is 0 Å². The highest BCUT2D eigenvalue weighted by molar-refractivity contribution is 7.80. The highest BCUT2D eigenvalue weighted by Gasteiger charge is 2.04. The number of nitrogens with two attached hydrogens (primary N) is 1. The lowest BCUT2D eigenvalue weighted by Gasteiger charge is -2.05. The lowest BCUT2D eigenvalue weighted by molar-refractivity contribution is 0.461. The van der Waals surface area contributed by atoms with Gasteiger partial charge >= 0.3 is 0 Å². The minimum Gasteiger partial charge on any atom is -0.438 e. The molecule has 104 valence electrons. The Morgan fingerprint density at radius 1 is 1.38 bits per heavy atom. The fourth-order valence-corrected chi connectivity index (χ4v) is 1.51. The van der Waals surface area contributed by atoms with Crippen LogP contribution < -0.4 is 15.9 Å². The summed E-state index contributed by atoms with van der Waals surface area (Å²) in [6.07, 6.45) is 3.14. The van der Waals surface area contributed by atoms with Gasteiger partial charge in [-0.15, -0.1) is 0 Å². The minimum atomic E-state index is 0.102. The Balaban J connectivity index is 2.08. The molecule has 2 aromatic rings. The molecule has 0 saturated heterocycles. The van der Waals surface area contributed by atoms with Crippen LogP contribution in [0.25, 0.3) is 0 Å². The summed E-state index contributed by atoms with van der Waals surface area (Å²) in [6, 6.07) is 12.4. The van der Waals surface area contributed by atoms with E-state index in [0.717, 1.165) is 5.56 Å². The normalized spacial score (nSPS) is 10.0. The van der Waals surface area contributed by atoms with Crippen LogP contribution in [-0.4, -0.2) is 16.3 Å². The first-order chi connectivity index (χ1) is 10.2. The van der Waals surface area contributed by atoms with Crippen molar-refractivity contribution in [2.45, 2.75) is 0 Å². The van der Waals surface area contributed by atoms with Crippen molar-refractivity contribution >= 4 is 23.5 Å². The van der Waals surface area contributed by atoms with Gasteiger partial charge in [0, 0.05) is 6.20 Å². The Morgan fingerprint density at radius 2 is 2.14 bits per heavy atom. The van der Waals surface area contributed by atoms with Crippen LogP contribution in [0.5, 0.6) is 11.6 Å². The first-order valence-electron chi connectivity index (χ1n) is 5.90. The summed E-state index contributed by atoms with van der Waals surface area (Å²) < 4.78 is 5.56. The van der Waals surface area contributed by atoms with E-state index in [1.54, 1.807) is 48.8 Å². The molecule has 0 fully saturated rings. The van der Waals surface area contributed by atoms with Gasteiger partial charge in [0.1, 0.15) is 17.4 Å². The van der Waals surface area contributed by atoms with Crippen molar-refractivity contribution in [3.8, 4) is 17.7 Å². The molecule has 0 aliphatic heterocycles. The number of ether oxygens (including phenoxy) is 1. The second-order valence-corrected chi connectivity index (χ2v) is 4.31. The number of hydrazone groups is 1. The summed E-state index contributed by atoms with van der Waals surface area (Å²) in [4.78, 5) is 4.03. The quantitative estimate of drug-likeness (QED) is 0.508. The molecule has 0 bridgehead atoms. The maximum Gasteiger partial charge on any atom is 0.237 e. The third-order valence-corrected chi connectivity index (χ3v) is 2.47. The van der Waals surface area contributed by atoms with Gasteiger partial charge in [-0.2, -0.15) is 10.4 Å². The Hall–Kier alpha value is -2.98. The summed E-state index contributed by atoms with van der Waals surface area (Å²) in [6.45, 7) is 0. The average Bonchev–Trinajstić information content (AvgIpc) is 2.49. The summed E-state index contributed by atoms with van der Waals surface area (Å²) in [5.74, 6) is 0.848. The average molecular weight is 297 g/mol. The topological polar surface area (TPSA) is 96.3 Å². The molecule has 1 heterocycles. The molecule has 0 saturated carbocycles. The van der Waals surface area contributed by atoms with Crippen molar-refractivity contribution in [3.63, 3.8) is 0 Å². The van der Waals surface area contributed by atoms with Gasteiger partial charge in [-0.05, 0) is 54.2 Å². The highest BCUT2D eigenvalue weighted by atomic mass is 32.1. The van der Waals surface area contributed by atoms with Crippen molar-refractivity contribution in [1.29, 1.82) is 5.26 Å². The fourth-order valence-electron chi connectivity index (χ4n) is 1.46. The van der Waals surface area contributed by atoms with Crippen molar-refractivity contribution < 1.29 is 4.74 Å². The van der Waals surface area contributed by atoms with Gasteiger partial charge in [-0.1, -0.05) is 0 Å². The zero-order chi connectivity index (χ0) is 15.1. The van der Waals surface area contributed by atoms with Gasteiger partial charge in [0.05, 0.1) is 6.21 Å². The van der Waals surface area contributed by atoms with E-state index in [1.165, 1.54) is 0 Å². The molecule has 0 aliphatic rings. The number of hydrogen-bond acceptors (Lipinski definition) is 5. The van der Waals surface area contributed by atoms with Crippen LogP contribution in [-0.2, 0) is 0 Å². The molecular weight excluding hydrogens is 286 g/mol. The Morgan fingerprint density at radius 3 is 2.81 bits per heavy atom. The van der Waals surface area contributed by atoms with Crippen LogP contribution in [0, 0.1) is 11.3 Å². The van der Waals surface area contributed by atoms with Gasteiger partial charge in [0.2, 0.25) is 5.88 Å². The van der Waals surface area contributed by atoms with E-state index in [0.29, 0.717) is 11.3 Å². The van der Waals surface area contributed by atoms with Crippen LogP contribution in [0.3, 0.4) is 0 Å². The zero-order valence-electron chi connectivity index (χ0n) is 10.9. The first kappa shape index (κ1) is 14.4. The molecule has 0 spiro atoms. The number of nitrogens with zero attached hydrogens (tertiary/aromatic N) is 3. The first-order valence-corrected chi connectivity index (χ1v) is 6.31. The third-order valence-electron chi connectivity index (χ3n) is 2.37. The maximum atomic E-state index is 8.97. The highest BCUT2D eigenvalue weighted by Crippen LogP contribution is 2.22. The predicted molar refractivity (Wildman–Crippen MR) is 83.0 cm³/mol. The molecule has 3 N–H and O–H groups in total. The molecular formula is C14H11N5OS. The van der Waals surface area contributed by atoms with Gasteiger partial charge in [0.25, 0.3) is 0 Å². The molecule has 0 atom stereocenters. The lowest BCUT2D eigenvalue weighted by atomic mass is 10.2. The number of nitrogens with one attached hydrogen (secondary N) is 1. The van der Waals surface area contributed by atoms with Crippen molar-refractivity contribution in [1.82, 2.24) is 10.4 Å². The second kappa shape index (κ2) is 6.98. The van der Waals surface area contributed by atoms with E-state index in [9.17, 15) is 0 Å². The second-order valence-electron chi connectivity index (χ2n) is 3.87. The third kappa shape index (κ3) is 4.26. The molecule has 6 nitrogen and oxygen atoms in total. The van der Waals surface area contributed by atoms with Crippen LogP contribution in [0.2, 0.25) is 0 Å². The van der Waals surface area contributed by atoms with Crippen molar-refractivity contribution in [2.24, 2.45) is 10.8 Å². The molecule has 0 amide bonds. The molecule has 0 unspecified atom stereocenters. The number of hydrogen-bond donors (Lipinski definition) is 2. The Kier molecular flexibility index (Phi) is 4.79. The molecule has 2 rings (SSSR count). The summed E-state index contributed by atoms with van der Waals surface area (Å²) in [5.41, 5.74) is 8.93. The van der Waals surface area contributed by atoms with E-state index in [2.05, 4.69) is 27.7 Å². The van der Waals surface area contributed by atoms with E-state index in [1.807, 2.05) is 6.07 Å². The minimum absolute atomic E-state index is 0.102. The van der Waals surface area contributed by atoms with E-state index in [-0.39, 0.29) is 11.0 Å². The number of pyridine rings is 1. The summed E-state index contributed by atoms with van der Waals surface area (Å²) >= 11 is 4.63. The van der Waals surface area contributed by atoms with Crippen LogP contribution >= 0.6 is 12.2 Å². The maximum absolute atomic E-state index is 8.97. The number of benzene rings is 1. The van der Waals surface area contributed by atoms with Gasteiger partial charge in [-0.3, -0.25) is 5.43 Å². The van der Waals surface area contributed by atoms with Crippen molar-refractivity contribution in [2.75, 3.05) is 0 Å². The number of nitriles is 1. The number of aromatic nitrogens is 1. The molecule has 1 aromatic heterocycles. The monoisotopic (exact) mass is 297 g/mol. The standard InChI is InChI=1S/C14H11N5OS/c15-8-11-2-1-7-17-13(11)20-12-5-3-10(4-6-12)9-18-19-14(16)21/h1-7,9H,(H3,16,19,21). The largest absolute Gasteiger partial charge is 0.438 e.